The Morgan fingerprint density at radius 1 is 1.18 bits per heavy atom. The predicted molar refractivity (Wildman–Crippen MR) is 123 cm³/mol. The number of halogens is 1. The Bertz CT molecular complexity index is 734. The van der Waals surface area contributed by atoms with Crippen molar-refractivity contribution in [3.63, 3.8) is 0 Å². The molecular weight excluding hydrogens is 473 g/mol. The molecule has 1 aliphatic rings. The highest BCUT2D eigenvalue weighted by Crippen LogP contribution is 2.12. The Labute approximate surface area is 183 Å². The number of amides is 1. The van der Waals surface area contributed by atoms with E-state index < -0.39 is 0 Å². The van der Waals surface area contributed by atoms with Crippen LogP contribution in [-0.4, -0.2) is 72.6 Å². The number of aliphatic imine (C=N–C) groups is 1. The van der Waals surface area contributed by atoms with Gasteiger partial charge in [0.05, 0.1) is 0 Å². The number of carbonyl (C=O) groups excluding carboxylic acids is 1. The van der Waals surface area contributed by atoms with Gasteiger partial charge >= 0.3 is 0 Å². The maximum absolute atomic E-state index is 12.2. The quantitative estimate of drug-likeness (QED) is 0.264. The molecule has 28 heavy (non-hydrogen) atoms. The van der Waals surface area contributed by atoms with Gasteiger partial charge in [0.1, 0.15) is 0 Å². The number of hydrogen-bond acceptors (Lipinski definition) is 5. The van der Waals surface area contributed by atoms with Crippen LogP contribution in [-0.2, 0) is 11.8 Å². The molecule has 1 saturated heterocycles. The van der Waals surface area contributed by atoms with Gasteiger partial charge < -0.3 is 25.0 Å². The first-order valence-corrected chi connectivity index (χ1v) is 9.24. The first-order chi connectivity index (χ1) is 12.7. The standard InChI is InChI=1S/C18H31N7O2.HI/c1-18(2,3)16(27)21-6-7-22-17(19-4)25-12-10-24(11-13-25)14-15(26)23(5)9-8-20-14;/h8-9H,6-7,10-13H2,1-5H3,(H,19,22)(H,21,27);1H. The van der Waals surface area contributed by atoms with Crippen LogP contribution in [0.2, 0.25) is 0 Å². The molecule has 1 aromatic rings. The summed E-state index contributed by atoms with van der Waals surface area (Å²) in [5, 5.41) is 6.20. The van der Waals surface area contributed by atoms with Crippen molar-refractivity contribution in [2.75, 3.05) is 51.2 Å². The van der Waals surface area contributed by atoms with E-state index in [4.69, 9.17) is 0 Å². The van der Waals surface area contributed by atoms with Crippen molar-refractivity contribution in [2.45, 2.75) is 20.8 Å². The number of anilines is 1. The van der Waals surface area contributed by atoms with Gasteiger partial charge in [0.25, 0.3) is 5.56 Å². The van der Waals surface area contributed by atoms with E-state index in [0.717, 1.165) is 19.0 Å². The smallest absolute Gasteiger partial charge is 0.293 e. The van der Waals surface area contributed by atoms with Crippen molar-refractivity contribution in [1.29, 1.82) is 0 Å². The Balaban J connectivity index is 0.00000392. The number of aromatic nitrogens is 2. The second-order valence-corrected chi connectivity index (χ2v) is 7.62. The Hall–Kier alpha value is -1.85. The molecule has 0 unspecified atom stereocenters. The summed E-state index contributed by atoms with van der Waals surface area (Å²) in [6, 6.07) is 0. The van der Waals surface area contributed by atoms with Crippen molar-refractivity contribution < 1.29 is 4.79 Å². The first kappa shape index (κ1) is 24.2. The number of carbonyl (C=O) groups is 1. The van der Waals surface area contributed by atoms with Crippen LogP contribution in [0.3, 0.4) is 0 Å². The first-order valence-electron chi connectivity index (χ1n) is 9.24. The van der Waals surface area contributed by atoms with E-state index in [1.54, 1.807) is 31.1 Å². The highest BCUT2D eigenvalue weighted by atomic mass is 127. The third-order valence-corrected chi connectivity index (χ3v) is 4.46. The van der Waals surface area contributed by atoms with Crippen LogP contribution >= 0.6 is 24.0 Å². The van der Waals surface area contributed by atoms with Crippen LogP contribution < -0.4 is 21.1 Å². The maximum atomic E-state index is 12.2. The van der Waals surface area contributed by atoms with E-state index in [1.807, 2.05) is 25.7 Å². The molecule has 158 valence electrons. The van der Waals surface area contributed by atoms with Crippen LogP contribution in [0, 0.1) is 5.41 Å². The predicted octanol–water partition coefficient (Wildman–Crippen LogP) is 0.258. The van der Waals surface area contributed by atoms with E-state index in [0.29, 0.717) is 32.0 Å². The number of nitrogens with zero attached hydrogens (tertiary/aromatic N) is 5. The molecule has 0 saturated carbocycles. The topological polar surface area (TPSA) is 94.9 Å². The lowest BCUT2D eigenvalue weighted by Crippen LogP contribution is -2.54. The Morgan fingerprint density at radius 3 is 2.36 bits per heavy atom. The third kappa shape index (κ3) is 6.35. The molecule has 10 heteroatoms. The summed E-state index contributed by atoms with van der Waals surface area (Å²) in [6.07, 6.45) is 3.31. The van der Waals surface area contributed by atoms with Gasteiger partial charge in [0.2, 0.25) is 5.91 Å². The van der Waals surface area contributed by atoms with Crippen molar-refractivity contribution in [3.8, 4) is 0 Å². The summed E-state index contributed by atoms with van der Waals surface area (Å²) in [5.41, 5.74) is -0.469. The minimum atomic E-state index is -0.388. The highest BCUT2D eigenvalue weighted by molar-refractivity contribution is 14.0. The molecule has 0 aromatic carbocycles. The number of aryl methyl sites for hydroxylation is 1. The van der Waals surface area contributed by atoms with E-state index >= 15 is 0 Å². The molecule has 1 fully saturated rings. The second kappa shape index (κ2) is 10.6. The van der Waals surface area contributed by atoms with Crippen LogP contribution in [0.25, 0.3) is 0 Å². The lowest BCUT2D eigenvalue weighted by Gasteiger charge is -2.36. The highest BCUT2D eigenvalue weighted by Gasteiger charge is 2.23. The van der Waals surface area contributed by atoms with Gasteiger partial charge in [-0.25, -0.2) is 4.98 Å². The SMILES string of the molecule is CN=C(NCCNC(=O)C(C)(C)C)N1CCN(c2nccn(C)c2=O)CC1.I. The molecule has 2 N–H and O–H groups in total. The van der Waals surface area contributed by atoms with Crippen molar-refractivity contribution in [3.05, 3.63) is 22.7 Å². The molecule has 0 spiro atoms. The number of rotatable bonds is 4. The van der Waals surface area contributed by atoms with Gasteiger partial charge in [-0.1, -0.05) is 20.8 Å². The van der Waals surface area contributed by atoms with Gasteiger partial charge in [-0.2, -0.15) is 0 Å². The van der Waals surface area contributed by atoms with E-state index in [1.165, 1.54) is 0 Å². The summed E-state index contributed by atoms with van der Waals surface area (Å²) >= 11 is 0. The summed E-state index contributed by atoms with van der Waals surface area (Å²) in [5.74, 6) is 1.32. The van der Waals surface area contributed by atoms with Crippen molar-refractivity contribution in [1.82, 2.24) is 25.1 Å². The Kier molecular flexibility index (Phi) is 9.18. The summed E-state index contributed by atoms with van der Waals surface area (Å²) in [4.78, 5) is 36.8. The monoisotopic (exact) mass is 505 g/mol. The molecular formula is C18H32IN7O2. The average molecular weight is 505 g/mol. The lowest BCUT2D eigenvalue weighted by atomic mass is 9.96. The van der Waals surface area contributed by atoms with Gasteiger partial charge in [-0.05, 0) is 0 Å². The molecule has 0 aliphatic carbocycles. The van der Waals surface area contributed by atoms with Crippen LogP contribution in [0.15, 0.2) is 22.2 Å². The zero-order valence-corrected chi connectivity index (χ0v) is 19.7. The van der Waals surface area contributed by atoms with Gasteiger partial charge in [0.15, 0.2) is 11.8 Å². The van der Waals surface area contributed by atoms with E-state index in [9.17, 15) is 9.59 Å². The largest absolute Gasteiger partial charge is 0.354 e. The summed E-state index contributed by atoms with van der Waals surface area (Å²) in [6.45, 7) is 9.72. The maximum Gasteiger partial charge on any atom is 0.293 e. The van der Waals surface area contributed by atoms with Gasteiger partial charge in [-0.15, -0.1) is 24.0 Å². The number of nitrogens with one attached hydrogen (secondary N) is 2. The van der Waals surface area contributed by atoms with Gasteiger partial charge in [0, 0.05) is 71.2 Å². The zero-order valence-electron chi connectivity index (χ0n) is 17.4. The average Bonchev–Trinajstić information content (AvgIpc) is 2.63. The fraction of sp³-hybridized carbons (Fsp3) is 0.667. The second-order valence-electron chi connectivity index (χ2n) is 7.62. The van der Waals surface area contributed by atoms with Crippen molar-refractivity contribution >= 4 is 41.7 Å². The lowest BCUT2D eigenvalue weighted by molar-refractivity contribution is -0.128. The molecule has 2 heterocycles. The van der Waals surface area contributed by atoms with E-state index in [-0.39, 0.29) is 40.9 Å². The normalized spacial score (nSPS) is 15.1. The van der Waals surface area contributed by atoms with Crippen LogP contribution in [0.1, 0.15) is 20.8 Å². The zero-order chi connectivity index (χ0) is 20.0. The molecule has 9 nitrogen and oxygen atoms in total. The molecule has 2 rings (SSSR count). The fourth-order valence-corrected chi connectivity index (χ4v) is 2.78. The van der Waals surface area contributed by atoms with Crippen LogP contribution in [0.5, 0.6) is 0 Å². The molecule has 0 radical (unpaired) electrons. The molecule has 0 bridgehead atoms. The van der Waals surface area contributed by atoms with Gasteiger partial charge in [-0.3, -0.25) is 14.6 Å². The Morgan fingerprint density at radius 2 is 1.79 bits per heavy atom. The minimum absolute atomic E-state index is 0. The molecule has 0 atom stereocenters. The third-order valence-electron chi connectivity index (χ3n) is 4.46. The molecule has 1 aliphatic heterocycles. The number of hydrogen-bond donors (Lipinski definition) is 2. The van der Waals surface area contributed by atoms with Crippen molar-refractivity contribution in [2.24, 2.45) is 17.5 Å². The summed E-state index contributed by atoms with van der Waals surface area (Å²) < 4.78 is 1.54. The fourth-order valence-electron chi connectivity index (χ4n) is 2.78. The molecule has 1 aromatic heterocycles. The number of piperazine rings is 1. The number of guanidine groups is 1. The minimum Gasteiger partial charge on any atom is -0.354 e. The molecule has 1 amide bonds. The van der Waals surface area contributed by atoms with Crippen LogP contribution in [0.4, 0.5) is 5.82 Å². The summed E-state index contributed by atoms with van der Waals surface area (Å²) in [7, 11) is 3.48. The van der Waals surface area contributed by atoms with E-state index in [2.05, 4.69) is 25.5 Å².